The minimum atomic E-state index is -0.404. The summed E-state index contributed by atoms with van der Waals surface area (Å²) < 4.78 is 15.6. The van der Waals surface area contributed by atoms with E-state index in [-0.39, 0.29) is 18.0 Å². The van der Waals surface area contributed by atoms with Gasteiger partial charge in [0.25, 0.3) is 0 Å². The van der Waals surface area contributed by atoms with Gasteiger partial charge in [-0.2, -0.15) is 0 Å². The first-order valence-corrected chi connectivity index (χ1v) is 8.21. The summed E-state index contributed by atoms with van der Waals surface area (Å²) in [6.45, 7) is 0.631. The third-order valence-corrected chi connectivity index (χ3v) is 4.14. The lowest BCUT2D eigenvalue weighted by Crippen LogP contribution is -2.31. The van der Waals surface area contributed by atoms with Crippen molar-refractivity contribution in [3.8, 4) is 0 Å². The molecule has 0 spiro atoms. The maximum absolute atomic E-state index is 13.2. The van der Waals surface area contributed by atoms with Crippen LogP contribution in [0.3, 0.4) is 0 Å². The Morgan fingerprint density at radius 2 is 2.08 bits per heavy atom. The van der Waals surface area contributed by atoms with Crippen molar-refractivity contribution in [1.29, 1.82) is 0 Å². The highest BCUT2D eigenvalue weighted by Crippen LogP contribution is 2.12. The van der Waals surface area contributed by atoms with Crippen molar-refractivity contribution >= 4 is 32.9 Å². The number of hydrogen-bond donors (Lipinski definition) is 2. The molecule has 0 saturated carbocycles. The summed E-state index contributed by atoms with van der Waals surface area (Å²) in [7, 11) is 0. The molecular weight excluding hydrogens is 377 g/mol. The molecule has 24 heavy (non-hydrogen) atoms. The SMILES string of the molecule is O=C(Cc1cccc(Br)c1)NCCn1c(=O)[nH]c2cc(F)ccc21. The van der Waals surface area contributed by atoms with E-state index >= 15 is 0 Å². The van der Waals surface area contributed by atoms with Gasteiger partial charge in [0.1, 0.15) is 5.82 Å². The van der Waals surface area contributed by atoms with Gasteiger partial charge in [0.15, 0.2) is 0 Å². The zero-order valence-corrected chi connectivity index (χ0v) is 14.3. The monoisotopic (exact) mass is 391 g/mol. The van der Waals surface area contributed by atoms with Crippen LogP contribution in [0.2, 0.25) is 0 Å². The average molecular weight is 392 g/mol. The highest BCUT2D eigenvalue weighted by molar-refractivity contribution is 9.10. The quantitative estimate of drug-likeness (QED) is 0.701. The van der Waals surface area contributed by atoms with Crippen LogP contribution in [0.1, 0.15) is 5.56 Å². The summed E-state index contributed by atoms with van der Waals surface area (Å²) in [5.74, 6) is -0.523. The average Bonchev–Trinajstić information content (AvgIpc) is 2.82. The molecule has 7 heteroatoms. The molecule has 3 rings (SSSR count). The van der Waals surface area contributed by atoms with Gasteiger partial charge in [0, 0.05) is 17.6 Å². The highest BCUT2D eigenvalue weighted by atomic mass is 79.9. The predicted octanol–water partition coefficient (Wildman–Crippen LogP) is 2.59. The summed E-state index contributed by atoms with van der Waals surface area (Å²) in [5.41, 5.74) is 1.64. The summed E-state index contributed by atoms with van der Waals surface area (Å²) in [6.07, 6.45) is 0.271. The lowest BCUT2D eigenvalue weighted by Gasteiger charge is -2.07. The van der Waals surface area contributed by atoms with E-state index in [0.717, 1.165) is 10.0 Å². The Morgan fingerprint density at radius 3 is 2.88 bits per heavy atom. The Bertz CT molecular complexity index is 948. The van der Waals surface area contributed by atoms with Crippen molar-refractivity contribution in [2.45, 2.75) is 13.0 Å². The Kier molecular flexibility index (Phi) is 4.80. The molecule has 0 atom stereocenters. The molecule has 2 N–H and O–H groups in total. The maximum Gasteiger partial charge on any atom is 0.326 e. The van der Waals surface area contributed by atoms with Crippen molar-refractivity contribution in [2.75, 3.05) is 6.54 Å². The lowest BCUT2D eigenvalue weighted by atomic mass is 10.1. The maximum atomic E-state index is 13.2. The van der Waals surface area contributed by atoms with Gasteiger partial charge in [-0.15, -0.1) is 0 Å². The summed E-state index contributed by atoms with van der Waals surface area (Å²) in [6, 6.07) is 11.7. The fraction of sp³-hybridized carbons (Fsp3) is 0.176. The van der Waals surface area contributed by atoms with Gasteiger partial charge in [-0.05, 0) is 35.9 Å². The van der Waals surface area contributed by atoms with Gasteiger partial charge < -0.3 is 10.3 Å². The van der Waals surface area contributed by atoms with Gasteiger partial charge in [0.2, 0.25) is 5.91 Å². The number of carbonyl (C=O) groups is 1. The number of imidazole rings is 1. The number of halogens is 2. The van der Waals surface area contributed by atoms with E-state index in [1.807, 2.05) is 24.3 Å². The van der Waals surface area contributed by atoms with Crippen LogP contribution in [0, 0.1) is 5.82 Å². The number of nitrogens with zero attached hydrogens (tertiary/aromatic N) is 1. The Balaban J connectivity index is 1.61. The minimum absolute atomic E-state index is 0.118. The number of rotatable bonds is 5. The van der Waals surface area contributed by atoms with Crippen molar-refractivity contribution in [3.05, 3.63) is 68.8 Å². The van der Waals surface area contributed by atoms with Gasteiger partial charge in [-0.3, -0.25) is 9.36 Å². The third-order valence-electron chi connectivity index (χ3n) is 3.65. The third kappa shape index (κ3) is 3.73. The Morgan fingerprint density at radius 1 is 1.25 bits per heavy atom. The van der Waals surface area contributed by atoms with Crippen LogP contribution in [-0.4, -0.2) is 22.0 Å². The molecule has 3 aromatic rings. The fourth-order valence-corrected chi connectivity index (χ4v) is 3.01. The van der Waals surface area contributed by atoms with Gasteiger partial charge >= 0.3 is 5.69 Å². The molecule has 0 unspecified atom stereocenters. The van der Waals surface area contributed by atoms with Crippen molar-refractivity contribution < 1.29 is 9.18 Å². The van der Waals surface area contributed by atoms with E-state index in [1.54, 1.807) is 6.07 Å². The first kappa shape index (κ1) is 16.4. The van der Waals surface area contributed by atoms with E-state index in [4.69, 9.17) is 0 Å². The molecular formula is C17H15BrFN3O2. The zero-order chi connectivity index (χ0) is 17.1. The summed E-state index contributed by atoms with van der Waals surface area (Å²) in [5, 5.41) is 2.79. The largest absolute Gasteiger partial charge is 0.354 e. The van der Waals surface area contributed by atoms with Crippen molar-refractivity contribution in [3.63, 3.8) is 0 Å². The number of nitrogens with one attached hydrogen (secondary N) is 2. The Hall–Kier alpha value is -2.41. The lowest BCUT2D eigenvalue weighted by molar-refractivity contribution is -0.120. The molecule has 0 bridgehead atoms. The fourth-order valence-electron chi connectivity index (χ4n) is 2.56. The molecule has 0 aliphatic carbocycles. The molecule has 1 amide bonds. The van der Waals surface area contributed by atoms with Crippen LogP contribution in [0.5, 0.6) is 0 Å². The normalized spacial score (nSPS) is 10.9. The topological polar surface area (TPSA) is 66.9 Å². The van der Waals surface area contributed by atoms with Crippen LogP contribution < -0.4 is 11.0 Å². The van der Waals surface area contributed by atoms with Crippen LogP contribution in [0.25, 0.3) is 11.0 Å². The molecule has 124 valence electrons. The van der Waals surface area contributed by atoms with Crippen LogP contribution in [0.15, 0.2) is 51.7 Å². The number of fused-ring (bicyclic) bond motifs is 1. The molecule has 0 aliphatic rings. The second-order valence-electron chi connectivity index (χ2n) is 5.40. The number of amides is 1. The van der Waals surface area contributed by atoms with Crippen LogP contribution in [0.4, 0.5) is 4.39 Å². The van der Waals surface area contributed by atoms with Crippen LogP contribution in [-0.2, 0) is 17.8 Å². The molecule has 0 saturated heterocycles. The van der Waals surface area contributed by atoms with E-state index in [0.29, 0.717) is 24.1 Å². The molecule has 1 aromatic heterocycles. The van der Waals surface area contributed by atoms with E-state index in [1.165, 1.54) is 16.7 Å². The van der Waals surface area contributed by atoms with Crippen molar-refractivity contribution in [2.24, 2.45) is 0 Å². The standard InChI is InChI=1S/C17H15BrFN3O2/c18-12-3-1-2-11(8-12)9-16(23)20-6-7-22-15-5-4-13(19)10-14(15)21-17(22)24/h1-5,8,10H,6-7,9H2,(H,20,23)(H,21,24). The molecule has 2 aromatic carbocycles. The minimum Gasteiger partial charge on any atom is -0.354 e. The zero-order valence-electron chi connectivity index (χ0n) is 12.7. The van der Waals surface area contributed by atoms with Gasteiger partial charge in [-0.25, -0.2) is 9.18 Å². The van der Waals surface area contributed by atoms with E-state index in [2.05, 4.69) is 26.2 Å². The molecule has 1 heterocycles. The number of carbonyl (C=O) groups excluding carboxylic acids is 1. The molecule has 0 radical (unpaired) electrons. The number of benzene rings is 2. The highest BCUT2D eigenvalue weighted by Gasteiger charge is 2.08. The predicted molar refractivity (Wildman–Crippen MR) is 93.4 cm³/mol. The van der Waals surface area contributed by atoms with Crippen LogP contribution >= 0.6 is 15.9 Å². The second kappa shape index (κ2) is 7.00. The van der Waals surface area contributed by atoms with E-state index < -0.39 is 5.82 Å². The summed E-state index contributed by atoms with van der Waals surface area (Å²) >= 11 is 3.37. The second-order valence-corrected chi connectivity index (χ2v) is 6.32. The van der Waals surface area contributed by atoms with Gasteiger partial charge in [-0.1, -0.05) is 28.1 Å². The Labute approximate surface area is 145 Å². The first-order valence-electron chi connectivity index (χ1n) is 7.42. The molecule has 5 nitrogen and oxygen atoms in total. The number of H-pyrrole nitrogens is 1. The number of aromatic amines is 1. The van der Waals surface area contributed by atoms with Gasteiger partial charge in [0.05, 0.1) is 17.5 Å². The molecule has 0 fully saturated rings. The first-order chi connectivity index (χ1) is 11.5. The molecule has 0 aliphatic heterocycles. The van der Waals surface area contributed by atoms with Crippen molar-refractivity contribution in [1.82, 2.24) is 14.9 Å². The van der Waals surface area contributed by atoms with E-state index in [9.17, 15) is 14.0 Å². The summed E-state index contributed by atoms with van der Waals surface area (Å²) in [4.78, 5) is 26.5. The number of hydrogen-bond acceptors (Lipinski definition) is 2. The smallest absolute Gasteiger partial charge is 0.326 e. The number of aromatic nitrogens is 2.